The summed E-state index contributed by atoms with van der Waals surface area (Å²) in [7, 11) is 0. The molecule has 0 aliphatic heterocycles. The number of hydrogen-bond acceptors (Lipinski definition) is 3. The van der Waals surface area contributed by atoms with E-state index in [1.54, 1.807) is 0 Å². The molecule has 0 radical (unpaired) electrons. The molecule has 5 heteroatoms. The maximum atomic E-state index is 6.22. The Kier molecular flexibility index (Phi) is 2.74. The molecular weight excluding hydrogens is 248 g/mol. The lowest BCUT2D eigenvalue weighted by molar-refractivity contribution is 1.08. The van der Waals surface area contributed by atoms with Crippen molar-refractivity contribution < 1.29 is 0 Å². The van der Waals surface area contributed by atoms with Gasteiger partial charge >= 0.3 is 0 Å². The third-order valence-corrected chi connectivity index (χ3v) is 3.23. The maximum Gasteiger partial charge on any atom is 0.141 e. The Hall–Kier alpha value is -1.91. The minimum atomic E-state index is 0.435. The number of benzene rings is 1. The van der Waals surface area contributed by atoms with Crippen molar-refractivity contribution in [3.63, 3.8) is 0 Å². The SMILES string of the molecule is NCc1c[nH]c2ncnc(-c3ccccc3Cl)c12. The molecule has 0 saturated carbocycles. The summed E-state index contributed by atoms with van der Waals surface area (Å²) in [4.78, 5) is 11.6. The van der Waals surface area contributed by atoms with E-state index in [2.05, 4.69) is 15.0 Å². The van der Waals surface area contributed by atoms with Crippen LogP contribution >= 0.6 is 11.6 Å². The minimum Gasteiger partial charge on any atom is -0.346 e. The number of aromatic amines is 1. The molecule has 3 aromatic rings. The fraction of sp³-hybridized carbons (Fsp3) is 0.0769. The van der Waals surface area contributed by atoms with Gasteiger partial charge in [0.25, 0.3) is 0 Å². The van der Waals surface area contributed by atoms with Crippen molar-refractivity contribution >= 4 is 22.6 Å². The van der Waals surface area contributed by atoms with Crippen LogP contribution in [0, 0.1) is 0 Å². The van der Waals surface area contributed by atoms with Gasteiger partial charge in [-0.1, -0.05) is 29.8 Å². The quantitative estimate of drug-likeness (QED) is 0.743. The van der Waals surface area contributed by atoms with Crippen molar-refractivity contribution in [3.8, 4) is 11.3 Å². The number of rotatable bonds is 2. The van der Waals surface area contributed by atoms with Gasteiger partial charge in [-0.15, -0.1) is 0 Å². The van der Waals surface area contributed by atoms with Gasteiger partial charge in [0.05, 0.1) is 5.69 Å². The lowest BCUT2D eigenvalue weighted by atomic mass is 10.1. The van der Waals surface area contributed by atoms with Crippen LogP contribution in [0.4, 0.5) is 0 Å². The smallest absolute Gasteiger partial charge is 0.141 e. The van der Waals surface area contributed by atoms with E-state index in [1.807, 2.05) is 30.5 Å². The standard InChI is InChI=1S/C13H11ClN4/c14-10-4-2-1-3-9(10)12-11-8(5-15)6-16-13(11)18-7-17-12/h1-4,6-7H,5,15H2,(H,16,17,18). The van der Waals surface area contributed by atoms with E-state index < -0.39 is 0 Å². The average Bonchev–Trinajstić information content (AvgIpc) is 2.82. The van der Waals surface area contributed by atoms with Crippen LogP contribution in [0.5, 0.6) is 0 Å². The van der Waals surface area contributed by atoms with Gasteiger partial charge in [0.2, 0.25) is 0 Å². The third-order valence-electron chi connectivity index (χ3n) is 2.90. The largest absolute Gasteiger partial charge is 0.346 e. The van der Waals surface area contributed by atoms with Crippen molar-refractivity contribution in [3.05, 3.63) is 47.4 Å². The maximum absolute atomic E-state index is 6.22. The molecule has 2 heterocycles. The molecule has 0 saturated heterocycles. The molecule has 18 heavy (non-hydrogen) atoms. The first-order valence-electron chi connectivity index (χ1n) is 5.57. The monoisotopic (exact) mass is 258 g/mol. The predicted molar refractivity (Wildman–Crippen MR) is 72.2 cm³/mol. The minimum absolute atomic E-state index is 0.435. The highest BCUT2D eigenvalue weighted by atomic mass is 35.5. The first-order valence-corrected chi connectivity index (χ1v) is 5.95. The van der Waals surface area contributed by atoms with Gasteiger partial charge < -0.3 is 10.7 Å². The van der Waals surface area contributed by atoms with E-state index in [1.165, 1.54) is 6.33 Å². The van der Waals surface area contributed by atoms with E-state index >= 15 is 0 Å². The van der Waals surface area contributed by atoms with Gasteiger partial charge in [-0.3, -0.25) is 0 Å². The van der Waals surface area contributed by atoms with E-state index in [4.69, 9.17) is 17.3 Å². The summed E-state index contributed by atoms with van der Waals surface area (Å²) in [5.41, 5.74) is 9.20. The highest BCUT2D eigenvalue weighted by Crippen LogP contribution is 2.32. The van der Waals surface area contributed by atoms with Crippen molar-refractivity contribution in [1.82, 2.24) is 15.0 Å². The Balaban J connectivity index is 2.35. The van der Waals surface area contributed by atoms with Crippen LogP contribution in [0.15, 0.2) is 36.8 Å². The average molecular weight is 259 g/mol. The van der Waals surface area contributed by atoms with Crippen molar-refractivity contribution in [1.29, 1.82) is 0 Å². The second kappa shape index (κ2) is 4.40. The molecule has 90 valence electrons. The normalized spacial score (nSPS) is 11.0. The van der Waals surface area contributed by atoms with Gasteiger partial charge in [-0.25, -0.2) is 9.97 Å². The van der Waals surface area contributed by atoms with Crippen LogP contribution in [-0.4, -0.2) is 15.0 Å². The van der Waals surface area contributed by atoms with Gasteiger partial charge in [-0.05, 0) is 11.6 Å². The van der Waals surface area contributed by atoms with E-state index in [9.17, 15) is 0 Å². The van der Waals surface area contributed by atoms with E-state index in [0.717, 1.165) is 27.9 Å². The van der Waals surface area contributed by atoms with Crippen LogP contribution in [0.25, 0.3) is 22.3 Å². The van der Waals surface area contributed by atoms with Crippen molar-refractivity contribution in [2.45, 2.75) is 6.54 Å². The molecule has 2 aromatic heterocycles. The number of halogens is 1. The predicted octanol–water partition coefficient (Wildman–Crippen LogP) is 2.74. The summed E-state index contributed by atoms with van der Waals surface area (Å²) in [6, 6.07) is 7.62. The number of H-pyrrole nitrogens is 1. The Morgan fingerprint density at radius 2 is 2.06 bits per heavy atom. The number of nitrogens with two attached hydrogens (primary N) is 1. The van der Waals surface area contributed by atoms with Gasteiger partial charge in [-0.2, -0.15) is 0 Å². The zero-order valence-corrected chi connectivity index (χ0v) is 10.3. The molecule has 3 rings (SSSR count). The van der Waals surface area contributed by atoms with Crippen molar-refractivity contribution in [2.75, 3.05) is 0 Å². The molecule has 0 bridgehead atoms. The number of nitrogens with zero attached hydrogens (tertiary/aromatic N) is 2. The molecule has 0 atom stereocenters. The zero-order valence-electron chi connectivity index (χ0n) is 9.52. The van der Waals surface area contributed by atoms with E-state index in [0.29, 0.717) is 11.6 Å². The number of hydrogen-bond donors (Lipinski definition) is 2. The molecule has 3 N–H and O–H groups in total. The summed E-state index contributed by atoms with van der Waals surface area (Å²) >= 11 is 6.22. The Morgan fingerprint density at radius 1 is 1.22 bits per heavy atom. The highest BCUT2D eigenvalue weighted by molar-refractivity contribution is 6.33. The van der Waals surface area contributed by atoms with Gasteiger partial charge in [0.15, 0.2) is 0 Å². The molecule has 0 aliphatic rings. The molecular formula is C13H11ClN4. The van der Waals surface area contributed by atoms with E-state index in [-0.39, 0.29) is 0 Å². The number of nitrogens with one attached hydrogen (secondary N) is 1. The Labute approximate surface area is 109 Å². The second-order valence-electron chi connectivity index (χ2n) is 3.94. The summed E-state index contributed by atoms with van der Waals surface area (Å²) in [5, 5.41) is 1.61. The first kappa shape index (κ1) is 11.2. The summed E-state index contributed by atoms with van der Waals surface area (Å²) in [6.07, 6.45) is 3.39. The second-order valence-corrected chi connectivity index (χ2v) is 4.35. The zero-order chi connectivity index (χ0) is 12.5. The van der Waals surface area contributed by atoms with Crippen LogP contribution in [0.1, 0.15) is 5.56 Å². The lowest BCUT2D eigenvalue weighted by Crippen LogP contribution is -1.96. The van der Waals surface area contributed by atoms with Gasteiger partial charge in [0, 0.05) is 28.7 Å². The summed E-state index contributed by atoms with van der Waals surface area (Å²) in [6.45, 7) is 0.435. The summed E-state index contributed by atoms with van der Waals surface area (Å²) in [5.74, 6) is 0. The number of fused-ring (bicyclic) bond motifs is 1. The molecule has 0 fully saturated rings. The molecule has 0 amide bonds. The van der Waals surface area contributed by atoms with Gasteiger partial charge in [0.1, 0.15) is 12.0 Å². The highest BCUT2D eigenvalue weighted by Gasteiger charge is 2.13. The molecule has 4 nitrogen and oxygen atoms in total. The first-order chi connectivity index (χ1) is 8.81. The van der Waals surface area contributed by atoms with Crippen molar-refractivity contribution in [2.24, 2.45) is 5.73 Å². The molecule has 1 aromatic carbocycles. The lowest BCUT2D eigenvalue weighted by Gasteiger charge is -2.05. The molecule has 0 spiro atoms. The topological polar surface area (TPSA) is 67.6 Å². The number of aromatic nitrogens is 3. The van der Waals surface area contributed by atoms with Crippen LogP contribution < -0.4 is 5.73 Å². The van der Waals surface area contributed by atoms with Crippen LogP contribution in [-0.2, 0) is 6.54 Å². The molecule has 0 unspecified atom stereocenters. The Morgan fingerprint density at radius 3 is 2.83 bits per heavy atom. The van der Waals surface area contributed by atoms with Crippen LogP contribution in [0.2, 0.25) is 5.02 Å². The molecule has 0 aliphatic carbocycles. The van der Waals surface area contributed by atoms with Crippen LogP contribution in [0.3, 0.4) is 0 Å². The fourth-order valence-electron chi connectivity index (χ4n) is 2.05. The third kappa shape index (κ3) is 1.66. The fourth-order valence-corrected chi connectivity index (χ4v) is 2.27. The Bertz CT molecular complexity index is 705. The summed E-state index contributed by atoms with van der Waals surface area (Å²) < 4.78 is 0.